The molecule has 1 aromatic carbocycles. The molecule has 0 aliphatic heterocycles. The summed E-state index contributed by atoms with van der Waals surface area (Å²) in [5.41, 5.74) is 1.27. The summed E-state index contributed by atoms with van der Waals surface area (Å²) in [6.45, 7) is 0. The molecule has 0 amide bonds. The van der Waals surface area contributed by atoms with Gasteiger partial charge < -0.3 is 5.11 Å². The highest BCUT2D eigenvalue weighted by Gasteiger charge is 2.12. The summed E-state index contributed by atoms with van der Waals surface area (Å²) in [6.07, 6.45) is 7.66. The van der Waals surface area contributed by atoms with Crippen LogP contribution in [-0.4, -0.2) is 17.0 Å². The first-order chi connectivity index (χ1) is 8.36. The van der Waals surface area contributed by atoms with Gasteiger partial charge in [0.1, 0.15) is 0 Å². The van der Waals surface area contributed by atoms with Crippen molar-refractivity contribution in [2.75, 3.05) is 5.75 Å². The van der Waals surface area contributed by atoms with E-state index in [1.165, 1.54) is 23.3 Å². The number of aliphatic hydroxyl groups is 1. The van der Waals surface area contributed by atoms with Gasteiger partial charge in [-0.1, -0.05) is 24.3 Å². The third-order valence-corrected chi connectivity index (χ3v) is 4.20. The second-order valence-corrected chi connectivity index (χ2v) is 5.66. The molecule has 2 rings (SSSR count). The summed E-state index contributed by atoms with van der Waals surface area (Å²) in [5.74, 6) is 0.989. The van der Waals surface area contributed by atoms with Crippen molar-refractivity contribution in [3.05, 3.63) is 42.0 Å². The predicted octanol–water partition coefficient (Wildman–Crippen LogP) is 4.03. The molecule has 0 spiro atoms. The first-order valence-corrected chi connectivity index (χ1v) is 7.39. The lowest BCUT2D eigenvalue weighted by molar-refractivity contribution is 0.201. The van der Waals surface area contributed by atoms with E-state index in [0.29, 0.717) is 0 Å². The highest BCUT2D eigenvalue weighted by Crippen LogP contribution is 2.24. The summed E-state index contributed by atoms with van der Waals surface area (Å²) >= 11 is 1.83. The zero-order valence-electron chi connectivity index (χ0n) is 10.1. The van der Waals surface area contributed by atoms with Gasteiger partial charge in [0.15, 0.2) is 0 Å². The fraction of sp³-hybridized carbons (Fsp3) is 0.467. The van der Waals surface area contributed by atoms with Gasteiger partial charge >= 0.3 is 0 Å². The molecule has 1 unspecified atom stereocenters. The van der Waals surface area contributed by atoms with Crippen LogP contribution in [0.4, 0.5) is 0 Å². The molecule has 92 valence electrons. The molecule has 0 bridgehead atoms. The summed E-state index contributed by atoms with van der Waals surface area (Å²) in [7, 11) is 0. The molecule has 0 radical (unpaired) electrons. The number of benzene rings is 1. The van der Waals surface area contributed by atoms with Crippen LogP contribution in [-0.2, 0) is 0 Å². The first-order valence-electron chi connectivity index (χ1n) is 6.41. The van der Waals surface area contributed by atoms with E-state index in [0.717, 1.165) is 25.0 Å². The lowest BCUT2D eigenvalue weighted by atomic mass is 9.94. The van der Waals surface area contributed by atoms with E-state index in [-0.39, 0.29) is 6.10 Å². The number of hydrogen-bond acceptors (Lipinski definition) is 2. The Morgan fingerprint density at radius 3 is 2.71 bits per heavy atom. The Balaban J connectivity index is 1.73. The number of aliphatic hydroxyl groups excluding tert-OH is 1. The summed E-state index contributed by atoms with van der Waals surface area (Å²) in [4.78, 5) is 1.29. The maximum Gasteiger partial charge on any atom is 0.0758 e. The molecule has 1 nitrogen and oxygen atoms in total. The topological polar surface area (TPSA) is 20.2 Å². The molecule has 1 atom stereocenters. The van der Waals surface area contributed by atoms with E-state index >= 15 is 0 Å². The van der Waals surface area contributed by atoms with E-state index in [1.807, 2.05) is 17.8 Å². The standard InChI is InChI=1S/C15H20OS/c16-15(13-7-3-1-4-8-13)11-12-17-14-9-5-2-6-10-14/h2,5-7,9-10,15-16H,1,3-4,8,11-12H2. The van der Waals surface area contributed by atoms with Gasteiger partial charge in [0, 0.05) is 10.6 Å². The van der Waals surface area contributed by atoms with E-state index in [2.05, 4.69) is 30.3 Å². The van der Waals surface area contributed by atoms with Crippen molar-refractivity contribution >= 4 is 11.8 Å². The molecule has 1 aliphatic rings. The zero-order chi connectivity index (χ0) is 11.9. The van der Waals surface area contributed by atoms with Gasteiger partial charge in [-0.3, -0.25) is 0 Å². The molecule has 2 heteroatoms. The van der Waals surface area contributed by atoms with Crippen LogP contribution in [0.15, 0.2) is 46.9 Å². The average Bonchev–Trinajstić information content (AvgIpc) is 2.41. The second kappa shape index (κ2) is 6.87. The highest BCUT2D eigenvalue weighted by molar-refractivity contribution is 7.99. The Kier molecular flexibility index (Phi) is 5.14. The second-order valence-electron chi connectivity index (χ2n) is 4.49. The predicted molar refractivity (Wildman–Crippen MR) is 74.3 cm³/mol. The van der Waals surface area contributed by atoms with Gasteiger partial charge in [0.05, 0.1) is 6.10 Å². The molecule has 0 saturated heterocycles. The monoisotopic (exact) mass is 248 g/mol. The third kappa shape index (κ3) is 4.21. The molecule has 0 aromatic heterocycles. The molecule has 1 aliphatic carbocycles. The van der Waals surface area contributed by atoms with Gasteiger partial charge in [-0.15, -0.1) is 11.8 Å². The van der Waals surface area contributed by atoms with Crippen LogP contribution in [0.5, 0.6) is 0 Å². The SMILES string of the molecule is OC(CCSc1ccccc1)C1=CCCCC1. The Morgan fingerprint density at radius 1 is 1.18 bits per heavy atom. The van der Waals surface area contributed by atoms with Crippen molar-refractivity contribution in [2.24, 2.45) is 0 Å². The van der Waals surface area contributed by atoms with Crippen LogP contribution in [0.2, 0.25) is 0 Å². The average molecular weight is 248 g/mol. The molecule has 1 aromatic rings. The van der Waals surface area contributed by atoms with Crippen LogP contribution < -0.4 is 0 Å². The maximum atomic E-state index is 10.1. The minimum Gasteiger partial charge on any atom is -0.389 e. The quantitative estimate of drug-likeness (QED) is 0.627. The van der Waals surface area contributed by atoms with Crippen molar-refractivity contribution in [3.63, 3.8) is 0 Å². The normalized spacial score (nSPS) is 17.6. The molecule has 1 N–H and O–H groups in total. The van der Waals surface area contributed by atoms with Gasteiger partial charge in [-0.25, -0.2) is 0 Å². The summed E-state index contributed by atoms with van der Waals surface area (Å²) < 4.78 is 0. The fourth-order valence-electron chi connectivity index (χ4n) is 2.16. The Morgan fingerprint density at radius 2 is 2.00 bits per heavy atom. The van der Waals surface area contributed by atoms with E-state index in [4.69, 9.17) is 0 Å². The van der Waals surface area contributed by atoms with Crippen LogP contribution >= 0.6 is 11.8 Å². The number of thioether (sulfide) groups is 1. The fourth-order valence-corrected chi connectivity index (χ4v) is 3.08. The molecule has 17 heavy (non-hydrogen) atoms. The van der Waals surface area contributed by atoms with Gasteiger partial charge in [0.2, 0.25) is 0 Å². The van der Waals surface area contributed by atoms with E-state index in [9.17, 15) is 5.11 Å². The largest absolute Gasteiger partial charge is 0.389 e. The lowest BCUT2D eigenvalue weighted by Gasteiger charge is -2.18. The summed E-state index contributed by atoms with van der Waals surface area (Å²) in [5, 5.41) is 10.1. The molecule has 0 heterocycles. The number of hydrogen-bond donors (Lipinski definition) is 1. The smallest absolute Gasteiger partial charge is 0.0758 e. The van der Waals surface area contributed by atoms with Crippen LogP contribution in [0.1, 0.15) is 32.1 Å². The maximum absolute atomic E-state index is 10.1. The highest BCUT2D eigenvalue weighted by atomic mass is 32.2. The van der Waals surface area contributed by atoms with Crippen molar-refractivity contribution in [1.82, 2.24) is 0 Å². The van der Waals surface area contributed by atoms with Crippen molar-refractivity contribution in [3.8, 4) is 0 Å². The first kappa shape index (κ1) is 12.7. The number of allylic oxidation sites excluding steroid dienone is 1. The van der Waals surface area contributed by atoms with Crippen molar-refractivity contribution < 1.29 is 5.11 Å². The lowest BCUT2D eigenvalue weighted by Crippen LogP contribution is -2.13. The third-order valence-electron chi connectivity index (χ3n) is 3.16. The van der Waals surface area contributed by atoms with Crippen LogP contribution in [0.3, 0.4) is 0 Å². The van der Waals surface area contributed by atoms with Gasteiger partial charge in [-0.05, 0) is 49.8 Å². The van der Waals surface area contributed by atoms with E-state index in [1.54, 1.807) is 0 Å². The van der Waals surface area contributed by atoms with Gasteiger partial charge in [0.25, 0.3) is 0 Å². The van der Waals surface area contributed by atoms with Crippen molar-refractivity contribution in [1.29, 1.82) is 0 Å². The zero-order valence-corrected chi connectivity index (χ0v) is 11.0. The molecule has 0 fully saturated rings. The van der Waals surface area contributed by atoms with Gasteiger partial charge in [-0.2, -0.15) is 0 Å². The Hall–Kier alpha value is -0.730. The minimum atomic E-state index is -0.216. The molecular formula is C15H20OS. The van der Waals surface area contributed by atoms with Crippen LogP contribution in [0, 0.1) is 0 Å². The minimum absolute atomic E-state index is 0.216. The molecule has 0 saturated carbocycles. The Bertz CT molecular complexity index is 358. The summed E-state index contributed by atoms with van der Waals surface area (Å²) in [6, 6.07) is 10.4. The van der Waals surface area contributed by atoms with Crippen LogP contribution in [0.25, 0.3) is 0 Å². The number of rotatable bonds is 5. The Labute approximate surface area is 108 Å². The van der Waals surface area contributed by atoms with Crippen molar-refractivity contribution in [2.45, 2.75) is 43.1 Å². The molecular weight excluding hydrogens is 228 g/mol. The van der Waals surface area contributed by atoms with E-state index < -0.39 is 0 Å².